The van der Waals surface area contributed by atoms with E-state index in [-0.39, 0.29) is 17.4 Å². The molecule has 1 aromatic heterocycles. The molecule has 0 saturated carbocycles. The fraction of sp³-hybridized carbons (Fsp3) is 0.375. The molecule has 7 nitrogen and oxygen atoms in total. The predicted molar refractivity (Wildman–Crippen MR) is 117 cm³/mol. The highest BCUT2D eigenvalue weighted by Crippen LogP contribution is 2.40. The number of rotatable bonds is 6. The Labute approximate surface area is 182 Å². The minimum atomic E-state index is -0.658. The summed E-state index contributed by atoms with van der Waals surface area (Å²) in [5, 5.41) is 11.2. The number of benzene rings is 1. The van der Waals surface area contributed by atoms with Crippen LogP contribution in [0.3, 0.4) is 0 Å². The fourth-order valence-electron chi connectivity index (χ4n) is 4.29. The summed E-state index contributed by atoms with van der Waals surface area (Å²) >= 11 is 0. The van der Waals surface area contributed by atoms with Gasteiger partial charge in [-0.15, -0.1) is 0 Å². The van der Waals surface area contributed by atoms with Gasteiger partial charge in [-0.05, 0) is 75.4 Å². The summed E-state index contributed by atoms with van der Waals surface area (Å²) in [5.41, 5.74) is 2.37. The van der Waals surface area contributed by atoms with E-state index in [9.17, 15) is 14.7 Å². The minimum Gasteiger partial charge on any atom is -0.507 e. The number of nitrogens with zero attached hydrogens (tertiary/aromatic N) is 3. The van der Waals surface area contributed by atoms with E-state index in [1.54, 1.807) is 35.5 Å². The van der Waals surface area contributed by atoms with Gasteiger partial charge in [-0.3, -0.25) is 14.6 Å². The lowest BCUT2D eigenvalue weighted by Crippen LogP contribution is -2.32. The lowest BCUT2D eigenvalue weighted by molar-refractivity contribution is -0.139. The maximum atomic E-state index is 13.0. The number of aliphatic hydroxyl groups excluding tert-OH is 1. The van der Waals surface area contributed by atoms with Gasteiger partial charge in [-0.2, -0.15) is 0 Å². The highest BCUT2D eigenvalue weighted by atomic mass is 16.5. The summed E-state index contributed by atoms with van der Waals surface area (Å²) in [6.45, 7) is 3.19. The molecule has 0 spiro atoms. The fourth-order valence-corrected chi connectivity index (χ4v) is 4.29. The number of amides is 1. The Hall–Kier alpha value is -3.19. The molecule has 4 rings (SSSR count). The molecule has 7 heteroatoms. The van der Waals surface area contributed by atoms with Crippen LogP contribution in [-0.4, -0.2) is 64.9 Å². The molecule has 1 aromatic carbocycles. The first-order valence-electron chi connectivity index (χ1n) is 10.5. The minimum absolute atomic E-state index is 0.0755. The molecule has 2 aliphatic rings. The van der Waals surface area contributed by atoms with Gasteiger partial charge < -0.3 is 19.6 Å². The molecular weight excluding hydrogens is 394 g/mol. The number of ketones is 1. The van der Waals surface area contributed by atoms with Crippen molar-refractivity contribution >= 4 is 17.4 Å². The molecule has 2 aliphatic heterocycles. The van der Waals surface area contributed by atoms with Crippen molar-refractivity contribution in [2.45, 2.75) is 31.9 Å². The molecule has 1 amide bonds. The van der Waals surface area contributed by atoms with Crippen LogP contribution in [0.15, 0.2) is 48.3 Å². The van der Waals surface area contributed by atoms with Gasteiger partial charge in [0.1, 0.15) is 17.6 Å². The van der Waals surface area contributed by atoms with Gasteiger partial charge in [-0.1, -0.05) is 0 Å². The van der Waals surface area contributed by atoms with E-state index in [1.165, 1.54) is 0 Å². The van der Waals surface area contributed by atoms with Crippen LogP contribution in [0, 0.1) is 0 Å². The van der Waals surface area contributed by atoms with Crippen molar-refractivity contribution in [3.63, 3.8) is 0 Å². The van der Waals surface area contributed by atoms with E-state index in [0.29, 0.717) is 12.1 Å². The number of hydrogen-bond acceptors (Lipinski definition) is 6. The van der Waals surface area contributed by atoms with Crippen molar-refractivity contribution in [1.29, 1.82) is 0 Å². The number of Topliss-reactive ketones (excluding diaryl/α,β-unsaturated/α-hetero) is 1. The number of fused-ring (bicyclic) bond motifs is 1. The first kappa shape index (κ1) is 21.1. The van der Waals surface area contributed by atoms with Crippen molar-refractivity contribution < 1.29 is 19.4 Å². The first-order chi connectivity index (χ1) is 14.9. The third-order valence-electron chi connectivity index (χ3n) is 5.74. The van der Waals surface area contributed by atoms with E-state index in [0.717, 1.165) is 36.3 Å². The van der Waals surface area contributed by atoms with E-state index < -0.39 is 17.7 Å². The number of hydrogen-bond donors (Lipinski definition) is 1. The molecule has 0 radical (unpaired) electrons. The van der Waals surface area contributed by atoms with Crippen molar-refractivity contribution in [3.8, 4) is 5.75 Å². The molecule has 31 heavy (non-hydrogen) atoms. The molecule has 0 unspecified atom stereocenters. The second-order valence-corrected chi connectivity index (χ2v) is 8.38. The van der Waals surface area contributed by atoms with E-state index in [4.69, 9.17) is 4.74 Å². The zero-order chi connectivity index (χ0) is 22.1. The maximum absolute atomic E-state index is 13.0. The number of carbonyl (C=O) groups excluding carboxylic acids is 2. The van der Waals surface area contributed by atoms with Crippen LogP contribution in [0.4, 0.5) is 0 Å². The van der Waals surface area contributed by atoms with E-state index in [1.807, 2.05) is 38.1 Å². The predicted octanol–water partition coefficient (Wildman–Crippen LogP) is 2.78. The SMILES string of the molecule is C[C@H]1Cc2cc(C(O)=C3C(=O)C(=O)N(CCCN(C)C)[C@H]3c3ccncc3)ccc2O1. The normalized spacial score (nSPS) is 22.1. The van der Waals surface area contributed by atoms with E-state index in [2.05, 4.69) is 4.98 Å². The third kappa shape index (κ3) is 4.05. The topological polar surface area (TPSA) is 83.0 Å². The quantitative estimate of drug-likeness (QED) is 0.439. The Morgan fingerprint density at radius 1 is 1.23 bits per heavy atom. The largest absolute Gasteiger partial charge is 0.507 e. The Kier molecular flexibility index (Phi) is 5.78. The Bertz CT molecular complexity index is 1030. The summed E-state index contributed by atoms with van der Waals surface area (Å²) < 4.78 is 5.74. The molecule has 1 saturated heterocycles. The zero-order valence-electron chi connectivity index (χ0n) is 18.0. The van der Waals surface area contributed by atoms with Gasteiger partial charge in [0, 0.05) is 30.9 Å². The van der Waals surface area contributed by atoms with Crippen molar-refractivity contribution in [2.75, 3.05) is 27.2 Å². The van der Waals surface area contributed by atoms with Crippen LogP contribution in [0.5, 0.6) is 5.75 Å². The van der Waals surface area contributed by atoms with Gasteiger partial charge in [0.05, 0.1) is 11.6 Å². The smallest absolute Gasteiger partial charge is 0.295 e. The number of carbonyl (C=O) groups is 2. The number of aromatic nitrogens is 1. The molecule has 1 N–H and O–H groups in total. The summed E-state index contributed by atoms with van der Waals surface area (Å²) in [6.07, 6.45) is 4.79. The van der Waals surface area contributed by atoms with Crippen LogP contribution < -0.4 is 4.74 Å². The lowest BCUT2D eigenvalue weighted by atomic mass is 9.95. The molecule has 2 atom stereocenters. The molecule has 3 heterocycles. The van der Waals surface area contributed by atoms with Crippen LogP contribution in [0.2, 0.25) is 0 Å². The summed E-state index contributed by atoms with van der Waals surface area (Å²) in [4.78, 5) is 33.6. The van der Waals surface area contributed by atoms with Crippen LogP contribution in [0.1, 0.15) is 36.1 Å². The number of ether oxygens (including phenoxy) is 1. The molecule has 0 aliphatic carbocycles. The Morgan fingerprint density at radius 2 is 1.97 bits per heavy atom. The molecule has 2 aromatic rings. The van der Waals surface area contributed by atoms with Crippen LogP contribution in [0.25, 0.3) is 5.76 Å². The first-order valence-corrected chi connectivity index (χ1v) is 10.5. The van der Waals surface area contributed by atoms with Gasteiger partial charge in [0.15, 0.2) is 0 Å². The average molecular weight is 421 g/mol. The monoisotopic (exact) mass is 421 g/mol. The van der Waals surface area contributed by atoms with Gasteiger partial charge in [0.25, 0.3) is 11.7 Å². The summed E-state index contributed by atoms with van der Waals surface area (Å²) in [7, 11) is 3.93. The van der Waals surface area contributed by atoms with Crippen molar-refractivity contribution in [2.24, 2.45) is 0 Å². The molecule has 0 bridgehead atoms. The molecular formula is C24H27N3O4. The van der Waals surface area contributed by atoms with Crippen LogP contribution in [-0.2, 0) is 16.0 Å². The molecule has 1 fully saturated rings. The summed E-state index contributed by atoms with van der Waals surface area (Å²) in [6, 6.07) is 8.30. The van der Waals surface area contributed by atoms with Crippen molar-refractivity contribution in [3.05, 3.63) is 65.0 Å². The van der Waals surface area contributed by atoms with Gasteiger partial charge >= 0.3 is 0 Å². The lowest BCUT2D eigenvalue weighted by Gasteiger charge is -2.25. The number of likely N-dealkylation sites (tertiary alicyclic amines) is 1. The maximum Gasteiger partial charge on any atom is 0.295 e. The molecule has 162 valence electrons. The third-order valence-corrected chi connectivity index (χ3v) is 5.74. The summed E-state index contributed by atoms with van der Waals surface area (Å²) in [5.74, 6) is -0.606. The van der Waals surface area contributed by atoms with E-state index >= 15 is 0 Å². The zero-order valence-corrected chi connectivity index (χ0v) is 18.0. The average Bonchev–Trinajstić information content (AvgIpc) is 3.24. The standard InChI is InChI=1S/C24H27N3O4/c1-15-13-18-14-17(5-6-19(18)31-15)22(28)20-21(16-7-9-25-10-8-16)27(24(30)23(20)29)12-4-11-26(2)3/h5-10,14-15,21,28H,4,11-13H2,1-3H3/t15-,21-/m0/s1. The van der Waals surface area contributed by atoms with Crippen molar-refractivity contribution in [1.82, 2.24) is 14.8 Å². The van der Waals surface area contributed by atoms with Crippen LogP contribution >= 0.6 is 0 Å². The Morgan fingerprint density at radius 3 is 2.68 bits per heavy atom. The number of aliphatic hydroxyl groups is 1. The second kappa shape index (κ2) is 8.51. The van der Waals surface area contributed by atoms with Gasteiger partial charge in [0.2, 0.25) is 0 Å². The second-order valence-electron chi connectivity index (χ2n) is 8.38. The highest BCUT2D eigenvalue weighted by Gasteiger charge is 2.45. The Balaban J connectivity index is 1.76. The van der Waals surface area contributed by atoms with Gasteiger partial charge in [-0.25, -0.2) is 0 Å². The number of pyridine rings is 1. The highest BCUT2D eigenvalue weighted by molar-refractivity contribution is 6.46.